The molecule has 0 radical (unpaired) electrons. The Kier molecular flexibility index (Phi) is 3.84. The number of benzene rings is 1. The van der Waals surface area contributed by atoms with Crippen LogP contribution in [0.4, 0.5) is 5.69 Å². The second kappa shape index (κ2) is 4.94. The quantitative estimate of drug-likeness (QED) is 0.615. The predicted octanol–water partition coefficient (Wildman–Crippen LogP) is 2.13. The van der Waals surface area contributed by atoms with Crippen molar-refractivity contribution in [1.29, 1.82) is 0 Å². The highest BCUT2D eigenvalue weighted by molar-refractivity contribution is 5.35. The van der Waals surface area contributed by atoms with Crippen LogP contribution in [0.15, 0.2) is 24.3 Å². The fourth-order valence-corrected chi connectivity index (χ4v) is 1.08. The highest BCUT2D eigenvalue weighted by atomic mass is 16.6. The summed E-state index contributed by atoms with van der Waals surface area (Å²) in [5.74, 6) is 0.565. The van der Waals surface area contributed by atoms with E-state index in [1.165, 1.54) is 12.1 Å². The van der Waals surface area contributed by atoms with Crippen LogP contribution < -0.4 is 4.74 Å². The molecule has 5 heteroatoms. The molecule has 0 aliphatic heterocycles. The number of aliphatic hydroxyl groups is 1. The molecule has 0 spiro atoms. The highest BCUT2D eigenvalue weighted by Crippen LogP contribution is 2.18. The largest absolute Gasteiger partial charge is 0.493 e. The molecule has 0 amide bonds. The van der Waals surface area contributed by atoms with Gasteiger partial charge in [-0.2, -0.15) is 0 Å². The van der Waals surface area contributed by atoms with Crippen molar-refractivity contribution in [2.75, 3.05) is 6.61 Å². The summed E-state index contributed by atoms with van der Waals surface area (Å²) < 4.78 is 5.33. The number of non-ortho nitro benzene ring substituents is 1. The molecule has 0 saturated heterocycles. The first-order valence-electron chi connectivity index (χ1n) is 4.98. The first kappa shape index (κ1) is 12.4. The first-order valence-corrected chi connectivity index (χ1v) is 4.98. The van der Waals surface area contributed by atoms with Crippen LogP contribution >= 0.6 is 0 Å². The fraction of sp³-hybridized carbons (Fsp3) is 0.455. The van der Waals surface area contributed by atoms with E-state index in [1.54, 1.807) is 26.0 Å². The maximum Gasteiger partial charge on any atom is 0.269 e. The molecule has 88 valence electrons. The Labute approximate surface area is 93.8 Å². The lowest BCUT2D eigenvalue weighted by Gasteiger charge is -2.16. The second-order valence-electron chi connectivity index (χ2n) is 4.16. The van der Waals surface area contributed by atoms with Gasteiger partial charge in [-0.05, 0) is 26.0 Å². The topological polar surface area (TPSA) is 72.6 Å². The standard InChI is InChI=1S/C11H15NO4/c1-11(2,13)7-8-16-10-5-3-9(4-6-10)12(14)15/h3-6,13H,7-8H2,1-2H3. The maximum atomic E-state index is 10.4. The number of hydrogen-bond donors (Lipinski definition) is 1. The van der Waals surface area contributed by atoms with Gasteiger partial charge in [0.2, 0.25) is 0 Å². The molecule has 0 aliphatic rings. The lowest BCUT2D eigenvalue weighted by atomic mass is 10.1. The molecule has 1 rings (SSSR count). The normalized spacial score (nSPS) is 11.2. The highest BCUT2D eigenvalue weighted by Gasteiger charge is 2.12. The molecule has 1 aromatic rings. The smallest absolute Gasteiger partial charge is 0.269 e. The second-order valence-corrected chi connectivity index (χ2v) is 4.16. The molecule has 0 heterocycles. The molecule has 0 aromatic heterocycles. The molecule has 1 aromatic carbocycles. The van der Waals surface area contributed by atoms with Gasteiger partial charge in [-0.15, -0.1) is 0 Å². The van der Waals surface area contributed by atoms with Crippen LogP contribution in [0.1, 0.15) is 20.3 Å². The predicted molar refractivity (Wildman–Crippen MR) is 59.5 cm³/mol. The number of nitrogens with zero attached hydrogens (tertiary/aromatic N) is 1. The van der Waals surface area contributed by atoms with Crippen molar-refractivity contribution in [3.63, 3.8) is 0 Å². The van der Waals surface area contributed by atoms with Crippen molar-refractivity contribution >= 4 is 5.69 Å². The van der Waals surface area contributed by atoms with E-state index in [4.69, 9.17) is 4.74 Å². The van der Waals surface area contributed by atoms with E-state index in [1.807, 2.05) is 0 Å². The molecule has 0 bridgehead atoms. The van der Waals surface area contributed by atoms with Crippen LogP contribution in [0, 0.1) is 10.1 Å². The maximum absolute atomic E-state index is 10.4. The molecular formula is C11H15NO4. The van der Waals surface area contributed by atoms with Crippen molar-refractivity contribution in [2.45, 2.75) is 25.9 Å². The minimum Gasteiger partial charge on any atom is -0.493 e. The first-order chi connectivity index (χ1) is 7.38. The van der Waals surface area contributed by atoms with Gasteiger partial charge in [0, 0.05) is 18.6 Å². The summed E-state index contributed by atoms with van der Waals surface area (Å²) in [5.41, 5.74) is -0.726. The average molecular weight is 225 g/mol. The summed E-state index contributed by atoms with van der Waals surface area (Å²) in [7, 11) is 0. The molecule has 1 N–H and O–H groups in total. The van der Waals surface area contributed by atoms with Crippen molar-refractivity contribution in [3.05, 3.63) is 34.4 Å². The van der Waals surface area contributed by atoms with Gasteiger partial charge in [-0.25, -0.2) is 0 Å². The Hall–Kier alpha value is -1.62. The Morgan fingerprint density at radius 3 is 2.38 bits per heavy atom. The number of nitro benzene ring substituents is 1. The van der Waals surface area contributed by atoms with Gasteiger partial charge in [0.05, 0.1) is 17.1 Å². The lowest BCUT2D eigenvalue weighted by Crippen LogP contribution is -2.21. The Morgan fingerprint density at radius 2 is 1.94 bits per heavy atom. The van der Waals surface area contributed by atoms with Gasteiger partial charge in [-0.1, -0.05) is 0 Å². The third kappa shape index (κ3) is 4.27. The van der Waals surface area contributed by atoms with Gasteiger partial charge in [0.1, 0.15) is 5.75 Å². The van der Waals surface area contributed by atoms with Crippen LogP contribution in [0.25, 0.3) is 0 Å². The SMILES string of the molecule is CC(C)(O)CCOc1ccc([N+](=O)[O-])cc1. The molecule has 0 fully saturated rings. The molecule has 5 nitrogen and oxygen atoms in total. The molecule has 0 saturated carbocycles. The van der Waals surface area contributed by atoms with Gasteiger partial charge in [0.15, 0.2) is 0 Å². The Morgan fingerprint density at radius 1 is 1.38 bits per heavy atom. The van der Waals surface area contributed by atoms with E-state index in [0.717, 1.165) is 0 Å². The monoisotopic (exact) mass is 225 g/mol. The van der Waals surface area contributed by atoms with E-state index in [-0.39, 0.29) is 5.69 Å². The number of nitro groups is 1. The summed E-state index contributed by atoms with van der Waals surface area (Å²) in [6.45, 7) is 3.78. The Balaban J connectivity index is 2.47. The summed E-state index contributed by atoms with van der Waals surface area (Å²) in [6, 6.07) is 5.86. The minimum absolute atomic E-state index is 0.0369. The van der Waals surface area contributed by atoms with Crippen LogP contribution in [-0.2, 0) is 0 Å². The minimum atomic E-state index is -0.763. The van der Waals surface area contributed by atoms with Gasteiger partial charge in [0.25, 0.3) is 5.69 Å². The summed E-state index contributed by atoms with van der Waals surface area (Å²) in [4.78, 5) is 9.93. The van der Waals surface area contributed by atoms with Crippen LogP contribution in [0.2, 0.25) is 0 Å². The summed E-state index contributed by atoms with van der Waals surface area (Å²) in [6.07, 6.45) is 0.504. The Bertz CT molecular complexity index is 353. The van der Waals surface area contributed by atoms with Crippen molar-refractivity contribution in [3.8, 4) is 5.75 Å². The zero-order valence-corrected chi connectivity index (χ0v) is 9.34. The average Bonchev–Trinajstić information content (AvgIpc) is 2.16. The van der Waals surface area contributed by atoms with Crippen molar-refractivity contribution < 1.29 is 14.8 Å². The van der Waals surface area contributed by atoms with E-state index in [9.17, 15) is 15.2 Å². The van der Waals surface area contributed by atoms with E-state index < -0.39 is 10.5 Å². The zero-order valence-electron chi connectivity index (χ0n) is 9.34. The van der Waals surface area contributed by atoms with Gasteiger partial charge >= 0.3 is 0 Å². The van der Waals surface area contributed by atoms with Crippen LogP contribution in [0.3, 0.4) is 0 Å². The van der Waals surface area contributed by atoms with E-state index >= 15 is 0 Å². The number of rotatable bonds is 5. The van der Waals surface area contributed by atoms with Gasteiger partial charge < -0.3 is 9.84 Å². The summed E-state index contributed by atoms with van der Waals surface area (Å²) >= 11 is 0. The molecule has 16 heavy (non-hydrogen) atoms. The molecule has 0 unspecified atom stereocenters. The van der Waals surface area contributed by atoms with Crippen molar-refractivity contribution in [2.24, 2.45) is 0 Å². The van der Waals surface area contributed by atoms with Crippen LogP contribution in [0.5, 0.6) is 5.75 Å². The van der Waals surface area contributed by atoms with Crippen molar-refractivity contribution in [1.82, 2.24) is 0 Å². The van der Waals surface area contributed by atoms with Crippen LogP contribution in [-0.4, -0.2) is 22.2 Å². The number of ether oxygens (including phenoxy) is 1. The van der Waals surface area contributed by atoms with E-state index in [0.29, 0.717) is 18.8 Å². The molecule has 0 atom stereocenters. The molecule has 0 aliphatic carbocycles. The van der Waals surface area contributed by atoms with Gasteiger partial charge in [-0.3, -0.25) is 10.1 Å². The van der Waals surface area contributed by atoms with E-state index in [2.05, 4.69) is 0 Å². The number of hydrogen-bond acceptors (Lipinski definition) is 4. The third-order valence-electron chi connectivity index (χ3n) is 2.03. The lowest BCUT2D eigenvalue weighted by molar-refractivity contribution is -0.384. The zero-order chi connectivity index (χ0) is 12.2. The third-order valence-corrected chi connectivity index (χ3v) is 2.03. The molecular weight excluding hydrogens is 210 g/mol. The summed E-state index contributed by atoms with van der Waals surface area (Å²) in [5, 5.41) is 19.8. The fourth-order valence-electron chi connectivity index (χ4n) is 1.08.